The van der Waals surface area contributed by atoms with Gasteiger partial charge in [-0.15, -0.1) is 0 Å². The van der Waals surface area contributed by atoms with Crippen molar-refractivity contribution in [3.8, 4) is 0 Å². The number of fused-ring (bicyclic) bond motifs is 1. The van der Waals surface area contributed by atoms with Gasteiger partial charge in [-0.3, -0.25) is 4.98 Å². The van der Waals surface area contributed by atoms with E-state index in [0.29, 0.717) is 0 Å². The smallest absolute Gasteiger partial charge is 0.147 e. The summed E-state index contributed by atoms with van der Waals surface area (Å²) >= 11 is 0. The van der Waals surface area contributed by atoms with Gasteiger partial charge in [-0.2, -0.15) is 0 Å². The molecular formula is C17H22N4. The van der Waals surface area contributed by atoms with Crippen molar-refractivity contribution in [2.45, 2.75) is 32.9 Å². The lowest BCUT2D eigenvalue weighted by atomic mass is 10.0. The van der Waals surface area contributed by atoms with E-state index >= 15 is 0 Å². The maximum Gasteiger partial charge on any atom is 0.147 e. The van der Waals surface area contributed by atoms with Gasteiger partial charge in [0.2, 0.25) is 0 Å². The second-order valence-corrected chi connectivity index (χ2v) is 5.44. The number of anilines is 1. The molecule has 1 aromatic carbocycles. The van der Waals surface area contributed by atoms with Crippen LogP contribution in [-0.2, 0) is 19.5 Å². The second-order valence-electron chi connectivity index (χ2n) is 5.44. The maximum atomic E-state index is 4.75. The van der Waals surface area contributed by atoms with Crippen LogP contribution in [0.25, 0.3) is 0 Å². The molecule has 21 heavy (non-hydrogen) atoms. The lowest BCUT2D eigenvalue weighted by Gasteiger charge is -2.22. The minimum atomic E-state index is 0.780. The summed E-state index contributed by atoms with van der Waals surface area (Å²) in [6.45, 7) is 5.79. The fourth-order valence-corrected chi connectivity index (χ4v) is 2.78. The highest BCUT2D eigenvalue weighted by molar-refractivity contribution is 5.41. The van der Waals surface area contributed by atoms with Crippen LogP contribution in [0.3, 0.4) is 0 Å². The zero-order valence-corrected chi connectivity index (χ0v) is 12.5. The molecule has 1 aliphatic heterocycles. The standard InChI is InChI=1S/C17H22N4/c1-2-18-10-16-11-19-12-17(20-16)21-9-5-8-14-6-3-4-7-15(14)13-21/h3-4,6-7,11-12,18H,2,5,8-10,13H2,1H3. The summed E-state index contributed by atoms with van der Waals surface area (Å²) in [6.07, 6.45) is 6.04. The number of hydrogen-bond acceptors (Lipinski definition) is 4. The molecule has 0 bridgehead atoms. The first-order valence-corrected chi connectivity index (χ1v) is 7.70. The molecule has 4 heteroatoms. The third-order valence-corrected chi connectivity index (χ3v) is 3.91. The molecule has 2 aromatic rings. The molecule has 1 N–H and O–H groups in total. The molecule has 0 saturated heterocycles. The molecular weight excluding hydrogens is 260 g/mol. The van der Waals surface area contributed by atoms with E-state index in [4.69, 9.17) is 4.98 Å². The predicted molar refractivity (Wildman–Crippen MR) is 85.2 cm³/mol. The molecule has 1 aliphatic rings. The summed E-state index contributed by atoms with van der Waals surface area (Å²) < 4.78 is 0. The van der Waals surface area contributed by atoms with Crippen molar-refractivity contribution in [1.29, 1.82) is 0 Å². The van der Waals surface area contributed by atoms with Crippen LogP contribution in [0.2, 0.25) is 0 Å². The van der Waals surface area contributed by atoms with Crippen LogP contribution in [0.15, 0.2) is 36.7 Å². The number of aromatic nitrogens is 2. The number of nitrogens with zero attached hydrogens (tertiary/aromatic N) is 3. The topological polar surface area (TPSA) is 41.1 Å². The van der Waals surface area contributed by atoms with E-state index in [1.165, 1.54) is 11.1 Å². The number of benzene rings is 1. The second kappa shape index (κ2) is 6.68. The summed E-state index contributed by atoms with van der Waals surface area (Å²) in [5.74, 6) is 0.988. The number of aryl methyl sites for hydroxylation is 1. The van der Waals surface area contributed by atoms with Crippen molar-refractivity contribution in [3.63, 3.8) is 0 Å². The molecule has 0 spiro atoms. The Kier molecular flexibility index (Phi) is 4.46. The lowest BCUT2D eigenvalue weighted by Crippen LogP contribution is -2.24. The Morgan fingerprint density at radius 1 is 1.19 bits per heavy atom. The highest BCUT2D eigenvalue weighted by Crippen LogP contribution is 2.22. The first-order valence-electron chi connectivity index (χ1n) is 7.70. The summed E-state index contributed by atoms with van der Waals surface area (Å²) in [5.41, 5.74) is 3.89. The van der Waals surface area contributed by atoms with Crippen molar-refractivity contribution < 1.29 is 0 Å². The van der Waals surface area contributed by atoms with Crippen LogP contribution in [0.5, 0.6) is 0 Å². The number of hydrogen-bond donors (Lipinski definition) is 1. The Balaban J connectivity index is 1.80. The number of nitrogens with one attached hydrogen (secondary N) is 1. The predicted octanol–water partition coefficient (Wildman–Crippen LogP) is 2.54. The molecule has 0 fully saturated rings. The first kappa shape index (κ1) is 14.0. The fourth-order valence-electron chi connectivity index (χ4n) is 2.78. The molecule has 0 saturated carbocycles. The molecule has 0 aliphatic carbocycles. The summed E-state index contributed by atoms with van der Waals surface area (Å²) in [4.78, 5) is 11.4. The van der Waals surface area contributed by atoms with Crippen LogP contribution < -0.4 is 10.2 Å². The van der Waals surface area contributed by atoms with Crippen LogP contribution in [0.4, 0.5) is 5.82 Å². The highest BCUT2D eigenvalue weighted by Gasteiger charge is 2.15. The molecule has 110 valence electrons. The summed E-state index contributed by atoms with van der Waals surface area (Å²) in [7, 11) is 0. The molecule has 0 unspecified atom stereocenters. The van der Waals surface area contributed by atoms with E-state index in [0.717, 1.165) is 50.5 Å². The van der Waals surface area contributed by atoms with Crippen LogP contribution in [0.1, 0.15) is 30.2 Å². The molecule has 3 rings (SSSR count). The minimum Gasteiger partial charge on any atom is -0.351 e. The zero-order chi connectivity index (χ0) is 14.5. The van der Waals surface area contributed by atoms with Gasteiger partial charge < -0.3 is 10.2 Å². The summed E-state index contributed by atoms with van der Waals surface area (Å²) in [5, 5.41) is 3.30. The quantitative estimate of drug-likeness (QED) is 0.935. The van der Waals surface area contributed by atoms with E-state index in [9.17, 15) is 0 Å². The van der Waals surface area contributed by atoms with Crippen LogP contribution >= 0.6 is 0 Å². The molecule has 4 nitrogen and oxygen atoms in total. The van der Waals surface area contributed by atoms with Gasteiger partial charge in [-0.05, 0) is 30.5 Å². The van der Waals surface area contributed by atoms with E-state index < -0.39 is 0 Å². The maximum absolute atomic E-state index is 4.75. The highest BCUT2D eigenvalue weighted by atomic mass is 15.2. The van der Waals surface area contributed by atoms with Gasteiger partial charge >= 0.3 is 0 Å². The molecule has 1 aromatic heterocycles. The van der Waals surface area contributed by atoms with Gasteiger partial charge in [0.05, 0.1) is 11.9 Å². The Morgan fingerprint density at radius 3 is 2.90 bits per heavy atom. The normalized spacial score (nSPS) is 14.6. The Bertz CT molecular complexity index is 597. The van der Waals surface area contributed by atoms with Crippen LogP contribution in [0, 0.1) is 0 Å². The lowest BCUT2D eigenvalue weighted by molar-refractivity contribution is 0.697. The van der Waals surface area contributed by atoms with Gasteiger partial charge in [-0.1, -0.05) is 31.2 Å². The average molecular weight is 282 g/mol. The Hall–Kier alpha value is -1.94. The van der Waals surface area contributed by atoms with Crippen molar-refractivity contribution in [3.05, 3.63) is 53.5 Å². The number of rotatable bonds is 4. The third-order valence-electron chi connectivity index (χ3n) is 3.91. The van der Waals surface area contributed by atoms with Crippen molar-refractivity contribution in [1.82, 2.24) is 15.3 Å². The first-order chi connectivity index (χ1) is 10.4. The fraction of sp³-hybridized carbons (Fsp3) is 0.412. The molecule has 2 heterocycles. The van der Waals surface area contributed by atoms with Gasteiger partial charge in [0, 0.05) is 25.8 Å². The van der Waals surface area contributed by atoms with Crippen molar-refractivity contribution in [2.75, 3.05) is 18.0 Å². The summed E-state index contributed by atoms with van der Waals surface area (Å²) in [6, 6.07) is 8.72. The SMILES string of the molecule is CCNCc1cncc(N2CCCc3ccccc3C2)n1. The van der Waals surface area contributed by atoms with Gasteiger partial charge in [0.15, 0.2) is 0 Å². The third kappa shape index (κ3) is 3.39. The van der Waals surface area contributed by atoms with E-state index in [2.05, 4.69) is 46.4 Å². The molecule has 0 radical (unpaired) electrons. The Labute approximate surface area is 126 Å². The minimum absolute atomic E-state index is 0.780. The van der Waals surface area contributed by atoms with E-state index in [1.807, 2.05) is 12.4 Å². The van der Waals surface area contributed by atoms with Crippen molar-refractivity contribution >= 4 is 5.82 Å². The molecule has 0 amide bonds. The van der Waals surface area contributed by atoms with Gasteiger partial charge in [-0.25, -0.2) is 4.98 Å². The van der Waals surface area contributed by atoms with E-state index in [-0.39, 0.29) is 0 Å². The van der Waals surface area contributed by atoms with Crippen molar-refractivity contribution in [2.24, 2.45) is 0 Å². The van der Waals surface area contributed by atoms with Gasteiger partial charge in [0.25, 0.3) is 0 Å². The largest absolute Gasteiger partial charge is 0.351 e. The Morgan fingerprint density at radius 2 is 2.05 bits per heavy atom. The van der Waals surface area contributed by atoms with E-state index in [1.54, 1.807) is 0 Å². The average Bonchev–Trinajstić information content (AvgIpc) is 2.75. The van der Waals surface area contributed by atoms with Crippen LogP contribution in [-0.4, -0.2) is 23.1 Å². The monoisotopic (exact) mass is 282 g/mol. The van der Waals surface area contributed by atoms with Gasteiger partial charge in [0.1, 0.15) is 5.82 Å². The molecule has 0 atom stereocenters. The zero-order valence-electron chi connectivity index (χ0n) is 12.5.